The average molecular weight is 522 g/mol. The molecule has 13 nitrogen and oxygen atoms in total. The molecule has 200 valence electrons. The van der Waals surface area contributed by atoms with E-state index in [1.165, 1.54) is 39.5 Å². The fraction of sp³-hybridized carbons (Fsp3) is 0.375. The Hall–Kier alpha value is -3.75. The molecule has 0 bridgehead atoms. The van der Waals surface area contributed by atoms with Crippen molar-refractivity contribution in [3.8, 4) is 45.6 Å². The second-order valence-corrected chi connectivity index (χ2v) is 8.15. The Bertz CT molecular complexity index is 1350. The highest BCUT2D eigenvalue weighted by Gasteiger charge is 2.45. The van der Waals surface area contributed by atoms with E-state index in [1.54, 1.807) is 0 Å². The summed E-state index contributed by atoms with van der Waals surface area (Å²) >= 11 is 0. The number of benzene rings is 2. The summed E-state index contributed by atoms with van der Waals surface area (Å²) < 4.78 is 32.0. The molecule has 2 heterocycles. The maximum absolute atomic E-state index is 13.4. The quantitative estimate of drug-likeness (QED) is 0.244. The number of hydrogen-bond donors (Lipinski definition) is 6. The molecule has 0 aliphatic carbocycles. The maximum Gasteiger partial charge on any atom is 0.229 e. The van der Waals surface area contributed by atoms with Crippen LogP contribution >= 0.6 is 0 Å². The number of aromatic hydroxyl groups is 2. The van der Waals surface area contributed by atoms with Gasteiger partial charge in [0.15, 0.2) is 23.0 Å². The van der Waals surface area contributed by atoms with Crippen LogP contribution in [0.3, 0.4) is 0 Å². The zero-order valence-electron chi connectivity index (χ0n) is 19.9. The number of hydrogen-bond acceptors (Lipinski definition) is 13. The van der Waals surface area contributed by atoms with Crippen LogP contribution in [0.2, 0.25) is 0 Å². The largest absolute Gasteiger partial charge is 0.504 e. The van der Waals surface area contributed by atoms with Gasteiger partial charge in [0, 0.05) is 6.07 Å². The van der Waals surface area contributed by atoms with Gasteiger partial charge in [-0.1, -0.05) is 0 Å². The second-order valence-electron chi connectivity index (χ2n) is 8.15. The molecule has 1 aliphatic rings. The van der Waals surface area contributed by atoms with E-state index in [4.69, 9.17) is 28.1 Å². The summed E-state index contributed by atoms with van der Waals surface area (Å²) in [5, 5.41) is 60.6. The molecule has 0 amide bonds. The highest BCUT2D eigenvalue weighted by molar-refractivity contribution is 5.91. The molecule has 0 radical (unpaired) electrons. The number of fused-ring (bicyclic) bond motifs is 1. The van der Waals surface area contributed by atoms with Gasteiger partial charge in [0.1, 0.15) is 41.6 Å². The minimum absolute atomic E-state index is 0.0243. The fourth-order valence-electron chi connectivity index (χ4n) is 4.10. The molecule has 0 spiro atoms. The van der Waals surface area contributed by atoms with Crippen LogP contribution in [0.1, 0.15) is 0 Å². The Morgan fingerprint density at radius 3 is 2.22 bits per heavy atom. The number of ether oxygens (including phenoxy) is 5. The lowest BCUT2D eigenvalue weighted by Crippen LogP contribution is -2.60. The van der Waals surface area contributed by atoms with Gasteiger partial charge in [-0.15, -0.1) is 0 Å². The van der Waals surface area contributed by atoms with E-state index in [1.807, 2.05) is 0 Å². The van der Waals surface area contributed by atoms with Gasteiger partial charge in [-0.2, -0.15) is 0 Å². The summed E-state index contributed by atoms with van der Waals surface area (Å²) in [7, 11) is 3.90. The van der Waals surface area contributed by atoms with E-state index < -0.39 is 48.5 Å². The van der Waals surface area contributed by atoms with E-state index in [0.717, 1.165) is 6.26 Å². The van der Waals surface area contributed by atoms with Crippen molar-refractivity contribution in [2.45, 2.75) is 30.7 Å². The molecular weight excluding hydrogens is 496 g/mol. The van der Waals surface area contributed by atoms with Crippen LogP contribution < -0.4 is 24.4 Å². The Balaban J connectivity index is 1.80. The van der Waals surface area contributed by atoms with Crippen LogP contribution in [0.25, 0.3) is 22.1 Å². The first kappa shape index (κ1) is 26.3. The Morgan fingerprint density at radius 2 is 1.59 bits per heavy atom. The lowest BCUT2D eigenvalue weighted by atomic mass is 9.99. The lowest BCUT2D eigenvalue weighted by Gasteiger charge is -2.39. The van der Waals surface area contributed by atoms with Gasteiger partial charge in [-0.25, -0.2) is 0 Å². The smallest absolute Gasteiger partial charge is 0.229 e. The van der Waals surface area contributed by atoms with Gasteiger partial charge in [-0.3, -0.25) is 4.79 Å². The number of methoxy groups -OCH3 is 3. The van der Waals surface area contributed by atoms with Crippen LogP contribution in [0.5, 0.6) is 34.5 Å². The summed E-state index contributed by atoms with van der Waals surface area (Å²) in [4.78, 5) is 13.4. The third-order valence-corrected chi connectivity index (χ3v) is 6.03. The Labute approximate surface area is 209 Å². The molecule has 2 aromatic carbocycles. The number of phenolic OH excluding ortho intramolecular Hbond substituents is 2. The molecule has 5 atom stereocenters. The number of aliphatic hydroxyl groups excluding tert-OH is 4. The lowest BCUT2D eigenvalue weighted by molar-refractivity contribution is -0.277. The second kappa shape index (κ2) is 10.3. The first-order valence-electron chi connectivity index (χ1n) is 10.9. The van der Waals surface area contributed by atoms with Crippen molar-refractivity contribution in [2.24, 2.45) is 0 Å². The van der Waals surface area contributed by atoms with Crippen molar-refractivity contribution in [3.05, 3.63) is 34.7 Å². The third kappa shape index (κ3) is 4.47. The van der Waals surface area contributed by atoms with E-state index in [-0.39, 0.29) is 50.8 Å². The molecule has 1 unspecified atom stereocenters. The summed E-state index contributed by atoms with van der Waals surface area (Å²) in [5.74, 6) is -1.26. The van der Waals surface area contributed by atoms with Crippen molar-refractivity contribution in [2.75, 3.05) is 27.9 Å². The normalized spacial score (nSPS) is 23.6. The SMILES string of the molecule is COc1cc(-c2coc3cc(OC4O[C@H](CO)[C@@H](O)[C@H](O)[C@H]4O)c(OC)c(O)c3c2=O)cc(O)c1OC. The summed E-state index contributed by atoms with van der Waals surface area (Å²) in [6, 6.07) is 3.92. The van der Waals surface area contributed by atoms with Gasteiger partial charge >= 0.3 is 0 Å². The molecule has 1 saturated heterocycles. The number of phenols is 2. The summed E-state index contributed by atoms with van der Waals surface area (Å²) in [6.07, 6.45) is -6.74. The van der Waals surface area contributed by atoms with Crippen molar-refractivity contribution >= 4 is 11.0 Å². The first-order valence-corrected chi connectivity index (χ1v) is 10.9. The number of rotatable bonds is 7. The molecule has 4 rings (SSSR count). The van der Waals surface area contributed by atoms with E-state index in [0.29, 0.717) is 0 Å². The van der Waals surface area contributed by atoms with Crippen LogP contribution in [-0.2, 0) is 4.74 Å². The Morgan fingerprint density at radius 1 is 0.892 bits per heavy atom. The standard InChI is InChI=1S/C24H26O13/c1-32-13-5-9(4-11(26)22(13)33-2)10-8-35-12-6-14(23(34-3)19(29)16(12)17(10)27)36-24-21(31)20(30)18(28)15(7-25)37-24/h4-6,8,15,18,20-21,24-26,28-31H,7H2,1-3H3/t15-,18-,20+,21-,24?/m1/s1. The minimum Gasteiger partial charge on any atom is -0.504 e. The summed E-state index contributed by atoms with van der Waals surface area (Å²) in [5.41, 5.74) is -0.617. The van der Waals surface area contributed by atoms with Crippen LogP contribution in [0.15, 0.2) is 33.7 Å². The third-order valence-electron chi connectivity index (χ3n) is 6.03. The molecule has 3 aromatic rings. The van der Waals surface area contributed by atoms with Crippen LogP contribution in [0, 0.1) is 0 Å². The molecule has 1 fully saturated rings. The zero-order valence-corrected chi connectivity index (χ0v) is 19.9. The van der Waals surface area contributed by atoms with Gasteiger partial charge in [0.05, 0.1) is 33.5 Å². The average Bonchev–Trinajstić information content (AvgIpc) is 2.88. The van der Waals surface area contributed by atoms with Crippen LogP contribution in [0.4, 0.5) is 0 Å². The van der Waals surface area contributed by atoms with Gasteiger partial charge in [-0.05, 0) is 17.7 Å². The fourth-order valence-corrected chi connectivity index (χ4v) is 4.10. The monoisotopic (exact) mass is 522 g/mol. The van der Waals surface area contributed by atoms with E-state index >= 15 is 0 Å². The molecule has 1 aliphatic heterocycles. The van der Waals surface area contributed by atoms with Crippen LogP contribution in [-0.4, -0.2) is 89.3 Å². The van der Waals surface area contributed by atoms with E-state index in [2.05, 4.69) is 0 Å². The molecule has 13 heteroatoms. The number of aliphatic hydroxyl groups is 4. The highest BCUT2D eigenvalue weighted by Crippen LogP contribution is 2.44. The van der Waals surface area contributed by atoms with E-state index in [9.17, 15) is 35.4 Å². The van der Waals surface area contributed by atoms with Crippen molar-refractivity contribution in [1.29, 1.82) is 0 Å². The van der Waals surface area contributed by atoms with Crippen molar-refractivity contribution in [3.63, 3.8) is 0 Å². The van der Waals surface area contributed by atoms with Gasteiger partial charge in [0.2, 0.25) is 23.2 Å². The summed E-state index contributed by atoms with van der Waals surface area (Å²) in [6.45, 7) is -0.672. The van der Waals surface area contributed by atoms with Gasteiger partial charge < -0.3 is 58.7 Å². The molecule has 37 heavy (non-hydrogen) atoms. The minimum atomic E-state index is -1.73. The van der Waals surface area contributed by atoms with Gasteiger partial charge in [0.25, 0.3) is 0 Å². The van der Waals surface area contributed by atoms with Crippen molar-refractivity contribution < 1.29 is 58.7 Å². The predicted molar refractivity (Wildman–Crippen MR) is 125 cm³/mol. The maximum atomic E-state index is 13.4. The molecule has 0 saturated carbocycles. The zero-order chi connectivity index (χ0) is 27.0. The highest BCUT2D eigenvalue weighted by atomic mass is 16.7. The molecule has 6 N–H and O–H groups in total. The molecule has 1 aromatic heterocycles. The molecular formula is C24H26O13. The first-order chi connectivity index (χ1) is 17.7. The predicted octanol–water partition coefficient (Wildman–Crippen LogP) is 0.0757. The Kier molecular flexibility index (Phi) is 7.34. The van der Waals surface area contributed by atoms with Crippen molar-refractivity contribution in [1.82, 2.24) is 0 Å². The topological polar surface area (TPSA) is 198 Å².